The first-order valence-corrected chi connectivity index (χ1v) is 5.51. The second-order valence-electron chi connectivity index (χ2n) is 4.39. The van der Waals surface area contributed by atoms with Gasteiger partial charge < -0.3 is 4.90 Å². The number of hydrogen-bond donors (Lipinski definition) is 0. The summed E-state index contributed by atoms with van der Waals surface area (Å²) in [5, 5.41) is 19.6. The third-order valence-corrected chi connectivity index (χ3v) is 2.95. The molecule has 1 aliphatic carbocycles. The monoisotopic (exact) mass is 231 g/mol. The van der Waals surface area contributed by atoms with E-state index in [-0.39, 0.29) is 5.69 Å². The highest BCUT2D eigenvalue weighted by molar-refractivity contribution is 5.62. The summed E-state index contributed by atoms with van der Waals surface area (Å²) in [7, 11) is 1.92. The second kappa shape index (κ2) is 4.42. The van der Waals surface area contributed by atoms with E-state index in [2.05, 4.69) is 0 Å². The van der Waals surface area contributed by atoms with Crippen LogP contribution in [0.25, 0.3) is 0 Å². The Hall–Kier alpha value is -2.09. The van der Waals surface area contributed by atoms with Crippen molar-refractivity contribution < 1.29 is 4.92 Å². The number of nitro groups is 1. The lowest BCUT2D eigenvalue weighted by atomic mass is 10.1. The van der Waals surface area contributed by atoms with Gasteiger partial charge >= 0.3 is 0 Å². The fourth-order valence-electron chi connectivity index (χ4n) is 1.85. The van der Waals surface area contributed by atoms with Crippen LogP contribution in [0.2, 0.25) is 0 Å². The van der Waals surface area contributed by atoms with Crippen LogP contribution in [-0.2, 0) is 0 Å². The third kappa shape index (κ3) is 2.53. The lowest BCUT2D eigenvalue weighted by Gasteiger charge is -2.19. The van der Waals surface area contributed by atoms with Gasteiger partial charge in [0.05, 0.1) is 16.2 Å². The molecule has 2 rings (SSSR count). The zero-order valence-corrected chi connectivity index (χ0v) is 9.59. The number of hydrogen-bond acceptors (Lipinski definition) is 4. The Bertz CT molecular complexity index is 489. The van der Waals surface area contributed by atoms with Crippen molar-refractivity contribution in [1.29, 1.82) is 5.26 Å². The molecule has 17 heavy (non-hydrogen) atoms. The van der Waals surface area contributed by atoms with Gasteiger partial charge in [0.2, 0.25) is 0 Å². The van der Waals surface area contributed by atoms with Crippen molar-refractivity contribution in [3.05, 3.63) is 33.9 Å². The van der Waals surface area contributed by atoms with E-state index in [0.29, 0.717) is 11.5 Å². The molecule has 0 atom stereocenters. The fourth-order valence-corrected chi connectivity index (χ4v) is 1.85. The first-order valence-electron chi connectivity index (χ1n) is 5.51. The smallest absolute Gasteiger partial charge is 0.270 e. The average molecular weight is 231 g/mol. The molecule has 0 bridgehead atoms. The Kier molecular flexibility index (Phi) is 2.96. The molecule has 0 amide bonds. The molecular weight excluding hydrogens is 218 g/mol. The quantitative estimate of drug-likeness (QED) is 0.589. The molecule has 1 saturated carbocycles. The van der Waals surface area contributed by atoms with Crippen LogP contribution in [-0.4, -0.2) is 18.5 Å². The summed E-state index contributed by atoms with van der Waals surface area (Å²) in [6.07, 6.45) is 2.47. The highest BCUT2D eigenvalue weighted by Gasteiger charge is 2.24. The van der Waals surface area contributed by atoms with Crippen LogP contribution < -0.4 is 4.90 Å². The van der Waals surface area contributed by atoms with Gasteiger partial charge in [0, 0.05) is 25.7 Å². The van der Waals surface area contributed by atoms with Gasteiger partial charge in [-0.25, -0.2) is 0 Å². The van der Waals surface area contributed by atoms with E-state index in [0.717, 1.165) is 12.2 Å². The lowest BCUT2D eigenvalue weighted by molar-refractivity contribution is -0.384. The van der Waals surface area contributed by atoms with Crippen LogP contribution in [0.15, 0.2) is 18.2 Å². The topological polar surface area (TPSA) is 70.2 Å². The summed E-state index contributed by atoms with van der Waals surface area (Å²) < 4.78 is 0. The molecule has 1 aromatic carbocycles. The van der Waals surface area contributed by atoms with Gasteiger partial charge in [-0.3, -0.25) is 10.1 Å². The van der Waals surface area contributed by atoms with Crippen LogP contribution in [0.5, 0.6) is 0 Å². The molecule has 1 aromatic rings. The highest BCUT2D eigenvalue weighted by Crippen LogP contribution is 2.32. The van der Waals surface area contributed by atoms with Crippen molar-refractivity contribution in [3.8, 4) is 6.07 Å². The zero-order valence-electron chi connectivity index (χ0n) is 9.59. The van der Waals surface area contributed by atoms with Gasteiger partial charge in [-0.1, -0.05) is 0 Å². The molecule has 0 aliphatic heterocycles. The summed E-state index contributed by atoms with van der Waals surface area (Å²) in [6, 6.07) is 6.45. The number of anilines is 1. The molecule has 0 N–H and O–H groups in total. The van der Waals surface area contributed by atoms with Crippen LogP contribution in [0, 0.1) is 27.4 Å². The molecule has 0 unspecified atom stereocenters. The number of nitro benzene ring substituents is 1. The second-order valence-corrected chi connectivity index (χ2v) is 4.39. The molecule has 0 spiro atoms. The van der Waals surface area contributed by atoms with Crippen LogP contribution in [0.1, 0.15) is 18.4 Å². The minimum absolute atomic E-state index is 0.0369. The molecule has 88 valence electrons. The Morgan fingerprint density at radius 1 is 1.59 bits per heavy atom. The van der Waals surface area contributed by atoms with Crippen molar-refractivity contribution in [3.63, 3.8) is 0 Å². The van der Waals surface area contributed by atoms with Crippen LogP contribution in [0.4, 0.5) is 11.4 Å². The molecule has 0 heterocycles. The largest absolute Gasteiger partial charge is 0.373 e. The van der Waals surface area contributed by atoms with E-state index in [4.69, 9.17) is 5.26 Å². The van der Waals surface area contributed by atoms with Gasteiger partial charge in [-0.05, 0) is 24.8 Å². The van der Waals surface area contributed by atoms with E-state index >= 15 is 0 Å². The first-order chi connectivity index (χ1) is 8.11. The van der Waals surface area contributed by atoms with Gasteiger partial charge in [-0.2, -0.15) is 5.26 Å². The fraction of sp³-hybridized carbons (Fsp3) is 0.417. The Morgan fingerprint density at radius 2 is 2.29 bits per heavy atom. The predicted molar refractivity (Wildman–Crippen MR) is 63.8 cm³/mol. The number of nitriles is 1. The zero-order chi connectivity index (χ0) is 12.4. The van der Waals surface area contributed by atoms with Crippen LogP contribution >= 0.6 is 0 Å². The Labute approximate surface area is 99.4 Å². The number of benzene rings is 1. The Morgan fingerprint density at radius 3 is 2.82 bits per heavy atom. The molecule has 0 aromatic heterocycles. The SMILES string of the molecule is CN(CC1CC1)c1ccc([N+](=O)[O-])cc1C#N. The van der Waals surface area contributed by atoms with Crippen molar-refractivity contribution in [1.82, 2.24) is 0 Å². The van der Waals surface area contributed by atoms with Gasteiger partial charge in [-0.15, -0.1) is 0 Å². The normalized spacial score (nSPS) is 14.1. The average Bonchev–Trinajstić information content (AvgIpc) is 3.11. The molecule has 0 radical (unpaired) electrons. The molecular formula is C12H13N3O2. The number of non-ortho nitro benzene ring substituents is 1. The maximum Gasteiger partial charge on any atom is 0.270 e. The predicted octanol–water partition coefficient (Wildman–Crippen LogP) is 2.31. The highest BCUT2D eigenvalue weighted by atomic mass is 16.6. The van der Waals surface area contributed by atoms with E-state index in [1.54, 1.807) is 6.07 Å². The van der Waals surface area contributed by atoms with Gasteiger partial charge in [0.1, 0.15) is 6.07 Å². The minimum atomic E-state index is -0.481. The van der Waals surface area contributed by atoms with E-state index in [9.17, 15) is 10.1 Å². The summed E-state index contributed by atoms with van der Waals surface area (Å²) in [5.41, 5.74) is 1.09. The Balaban J connectivity index is 2.26. The molecule has 1 fully saturated rings. The van der Waals surface area contributed by atoms with Crippen LogP contribution in [0.3, 0.4) is 0 Å². The summed E-state index contributed by atoms with van der Waals surface area (Å²) in [4.78, 5) is 12.1. The van der Waals surface area contributed by atoms with Crippen molar-refractivity contribution in [2.45, 2.75) is 12.8 Å². The van der Waals surface area contributed by atoms with Crippen molar-refractivity contribution >= 4 is 11.4 Å². The van der Waals surface area contributed by atoms with E-state index in [1.165, 1.54) is 25.0 Å². The van der Waals surface area contributed by atoms with E-state index < -0.39 is 4.92 Å². The number of nitrogens with zero attached hydrogens (tertiary/aromatic N) is 3. The van der Waals surface area contributed by atoms with Gasteiger partial charge in [0.25, 0.3) is 5.69 Å². The van der Waals surface area contributed by atoms with E-state index in [1.807, 2.05) is 18.0 Å². The van der Waals surface area contributed by atoms with Crippen molar-refractivity contribution in [2.24, 2.45) is 5.92 Å². The maximum absolute atomic E-state index is 10.6. The standard InChI is InChI=1S/C12H13N3O2/c1-14(8-9-2-3-9)12-5-4-11(15(16)17)6-10(12)7-13/h4-6,9H,2-3,8H2,1H3. The van der Waals surface area contributed by atoms with Gasteiger partial charge in [0.15, 0.2) is 0 Å². The number of rotatable bonds is 4. The summed E-state index contributed by atoms with van der Waals surface area (Å²) in [5.74, 6) is 0.710. The molecule has 1 aliphatic rings. The lowest BCUT2D eigenvalue weighted by Crippen LogP contribution is -2.20. The summed E-state index contributed by atoms with van der Waals surface area (Å²) >= 11 is 0. The summed E-state index contributed by atoms with van der Waals surface area (Å²) in [6.45, 7) is 0.909. The maximum atomic E-state index is 10.6. The molecule has 5 nitrogen and oxygen atoms in total. The molecule has 5 heteroatoms. The molecule has 0 saturated heterocycles. The van der Waals surface area contributed by atoms with Crippen molar-refractivity contribution in [2.75, 3.05) is 18.5 Å². The first kappa shape index (κ1) is 11.4. The minimum Gasteiger partial charge on any atom is -0.373 e. The third-order valence-electron chi connectivity index (χ3n) is 2.95.